The summed E-state index contributed by atoms with van der Waals surface area (Å²) in [5.41, 5.74) is 2.22. The molecule has 0 spiro atoms. The molecular weight excluding hydrogens is 314 g/mol. The number of furan rings is 1. The maximum absolute atomic E-state index is 12.5. The quantitative estimate of drug-likeness (QED) is 0.699. The summed E-state index contributed by atoms with van der Waals surface area (Å²) in [5.74, 6) is -0.307. The summed E-state index contributed by atoms with van der Waals surface area (Å²) in [7, 11) is 0. The van der Waals surface area contributed by atoms with Crippen molar-refractivity contribution in [2.24, 2.45) is 0 Å². The lowest BCUT2D eigenvalue weighted by molar-refractivity contribution is 0.0998. The van der Waals surface area contributed by atoms with Crippen LogP contribution in [0.3, 0.4) is 0 Å². The van der Waals surface area contributed by atoms with Gasteiger partial charge in [0.25, 0.3) is 5.91 Å². The number of carbonyl (C=O) groups excluding carboxylic acids is 2. The van der Waals surface area contributed by atoms with Crippen molar-refractivity contribution >= 4 is 39.9 Å². The van der Waals surface area contributed by atoms with Crippen molar-refractivity contribution in [3.8, 4) is 0 Å². The third-order valence-corrected chi connectivity index (χ3v) is 3.89. The summed E-state index contributed by atoms with van der Waals surface area (Å²) >= 11 is 5.99. The second-order valence-electron chi connectivity index (χ2n) is 5.25. The van der Waals surface area contributed by atoms with E-state index in [0.717, 1.165) is 5.39 Å². The number of anilines is 1. The number of hydrogen-bond donors (Lipinski definition) is 1. The van der Waals surface area contributed by atoms with Gasteiger partial charge in [0.2, 0.25) is 0 Å². The molecule has 0 saturated heterocycles. The summed E-state index contributed by atoms with van der Waals surface area (Å²) in [6, 6.07) is 12.1. The Labute approximate surface area is 138 Å². The predicted octanol–water partition coefficient (Wildman–Crippen LogP) is 4.85. The Hall–Kier alpha value is -2.59. The van der Waals surface area contributed by atoms with E-state index in [9.17, 15) is 9.59 Å². The van der Waals surface area contributed by atoms with E-state index >= 15 is 0 Å². The van der Waals surface area contributed by atoms with Crippen molar-refractivity contribution in [1.82, 2.24) is 0 Å². The molecule has 1 N–H and O–H groups in total. The highest BCUT2D eigenvalue weighted by Crippen LogP contribution is 2.28. The van der Waals surface area contributed by atoms with Gasteiger partial charge in [0.1, 0.15) is 5.58 Å². The molecule has 0 aliphatic carbocycles. The van der Waals surface area contributed by atoms with E-state index in [1.165, 1.54) is 6.92 Å². The Morgan fingerprint density at radius 2 is 1.87 bits per heavy atom. The molecule has 0 bridgehead atoms. The van der Waals surface area contributed by atoms with E-state index in [4.69, 9.17) is 16.0 Å². The lowest BCUT2D eigenvalue weighted by atomic mass is 10.1. The van der Waals surface area contributed by atoms with Crippen molar-refractivity contribution in [3.63, 3.8) is 0 Å². The fraction of sp³-hybridized carbons (Fsp3) is 0.111. The zero-order valence-electron chi connectivity index (χ0n) is 12.6. The second kappa shape index (κ2) is 5.89. The molecule has 1 amide bonds. The number of halogens is 1. The molecule has 4 nitrogen and oxygen atoms in total. The number of amides is 1. The molecule has 0 fully saturated rings. The summed E-state index contributed by atoms with van der Waals surface area (Å²) in [6.45, 7) is 3.26. The third-order valence-electron chi connectivity index (χ3n) is 3.66. The van der Waals surface area contributed by atoms with E-state index in [1.807, 2.05) is 0 Å². The number of benzene rings is 2. The Bertz CT molecular complexity index is 927. The summed E-state index contributed by atoms with van der Waals surface area (Å²) in [5, 5.41) is 4.11. The van der Waals surface area contributed by atoms with Gasteiger partial charge in [-0.05, 0) is 44.2 Å². The molecule has 3 aromatic rings. The Balaban J connectivity index is 1.99. The van der Waals surface area contributed by atoms with Crippen LogP contribution in [0.25, 0.3) is 11.0 Å². The Morgan fingerprint density at radius 3 is 2.61 bits per heavy atom. The first-order valence-corrected chi connectivity index (χ1v) is 7.45. The number of ketones is 1. The van der Waals surface area contributed by atoms with Crippen LogP contribution in [0.15, 0.2) is 46.9 Å². The van der Waals surface area contributed by atoms with Crippen LogP contribution >= 0.6 is 11.6 Å². The monoisotopic (exact) mass is 327 g/mol. The average Bonchev–Trinajstić information content (AvgIpc) is 2.84. The molecule has 1 aromatic heterocycles. The van der Waals surface area contributed by atoms with Crippen LogP contribution in [0.5, 0.6) is 0 Å². The van der Waals surface area contributed by atoms with Gasteiger partial charge in [-0.25, -0.2) is 0 Å². The first-order chi connectivity index (χ1) is 11.0. The third kappa shape index (κ3) is 2.85. The minimum atomic E-state index is -0.400. The van der Waals surface area contributed by atoms with E-state index < -0.39 is 5.91 Å². The fourth-order valence-corrected chi connectivity index (χ4v) is 2.66. The minimum absolute atomic E-state index is 0.117. The van der Waals surface area contributed by atoms with Gasteiger partial charge in [-0.1, -0.05) is 23.7 Å². The van der Waals surface area contributed by atoms with Crippen LogP contribution in [0, 0.1) is 6.92 Å². The Kier molecular flexibility index (Phi) is 3.92. The average molecular weight is 328 g/mol. The normalized spacial score (nSPS) is 10.7. The SMILES string of the molecule is CC(=O)c1ccccc1NC(=O)c1oc2ccc(Cl)cc2c1C. The standard InChI is InChI=1S/C18H14ClNO3/c1-10-14-9-12(19)7-8-16(14)23-17(10)18(22)20-15-6-4-3-5-13(15)11(2)21/h3-9H,1-2H3,(H,20,22). The largest absolute Gasteiger partial charge is 0.451 e. The zero-order chi connectivity index (χ0) is 16.6. The molecule has 0 aliphatic heterocycles. The molecule has 2 aromatic carbocycles. The summed E-state index contributed by atoms with van der Waals surface area (Å²) in [6.07, 6.45) is 0. The first-order valence-electron chi connectivity index (χ1n) is 7.07. The highest BCUT2D eigenvalue weighted by atomic mass is 35.5. The number of fused-ring (bicyclic) bond motifs is 1. The van der Waals surface area contributed by atoms with Gasteiger partial charge in [0.05, 0.1) is 5.69 Å². The molecule has 0 aliphatic rings. The van der Waals surface area contributed by atoms with Crippen molar-refractivity contribution < 1.29 is 14.0 Å². The fourth-order valence-electron chi connectivity index (χ4n) is 2.49. The second-order valence-corrected chi connectivity index (χ2v) is 5.69. The molecule has 0 radical (unpaired) electrons. The van der Waals surface area contributed by atoms with Crippen molar-refractivity contribution in [2.45, 2.75) is 13.8 Å². The number of carbonyl (C=O) groups is 2. The minimum Gasteiger partial charge on any atom is -0.451 e. The van der Waals surface area contributed by atoms with Crippen LogP contribution in [-0.2, 0) is 0 Å². The first kappa shape index (κ1) is 15.3. The number of rotatable bonds is 3. The number of nitrogens with one attached hydrogen (secondary N) is 1. The van der Waals surface area contributed by atoms with Crippen molar-refractivity contribution in [2.75, 3.05) is 5.32 Å². The molecule has 3 rings (SSSR count). The topological polar surface area (TPSA) is 59.3 Å². The maximum atomic E-state index is 12.5. The highest BCUT2D eigenvalue weighted by molar-refractivity contribution is 6.31. The Morgan fingerprint density at radius 1 is 1.13 bits per heavy atom. The highest BCUT2D eigenvalue weighted by Gasteiger charge is 2.19. The van der Waals surface area contributed by atoms with E-state index in [0.29, 0.717) is 27.4 Å². The van der Waals surface area contributed by atoms with Crippen LogP contribution < -0.4 is 5.32 Å². The van der Waals surface area contributed by atoms with Gasteiger partial charge >= 0.3 is 0 Å². The van der Waals surface area contributed by atoms with Gasteiger partial charge in [-0.2, -0.15) is 0 Å². The number of para-hydroxylation sites is 1. The molecule has 0 atom stereocenters. The summed E-state index contributed by atoms with van der Waals surface area (Å²) < 4.78 is 5.63. The molecule has 1 heterocycles. The van der Waals surface area contributed by atoms with Gasteiger partial charge in [-0.15, -0.1) is 0 Å². The number of hydrogen-bond acceptors (Lipinski definition) is 3. The van der Waals surface area contributed by atoms with Gasteiger partial charge in [0, 0.05) is 21.5 Å². The lowest BCUT2D eigenvalue weighted by Gasteiger charge is -2.07. The van der Waals surface area contributed by atoms with Crippen LogP contribution in [0.1, 0.15) is 33.4 Å². The number of aryl methyl sites for hydroxylation is 1. The van der Waals surface area contributed by atoms with Gasteiger partial charge < -0.3 is 9.73 Å². The molecular formula is C18H14ClNO3. The predicted molar refractivity (Wildman–Crippen MR) is 90.4 cm³/mol. The van der Waals surface area contributed by atoms with E-state index in [-0.39, 0.29) is 11.5 Å². The van der Waals surface area contributed by atoms with Gasteiger partial charge in [-0.3, -0.25) is 9.59 Å². The maximum Gasteiger partial charge on any atom is 0.291 e. The number of Topliss-reactive ketones (excluding diaryl/α,β-unsaturated/α-hetero) is 1. The van der Waals surface area contributed by atoms with Gasteiger partial charge in [0.15, 0.2) is 11.5 Å². The zero-order valence-corrected chi connectivity index (χ0v) is 13.4. The molecule has 23 heavy (non-hydrogen) atoms. The smallest absolute Gasteiger partial charge is 0.291 e. The molecule has 116 valence electrons. The van der Waals surface area contributed by atoms with Crippen LogP contribution in [0.2, 0.25) is 5.02 Å². The molecule has 0 saturated carbocycles. The van der Waals surface area contributed by atoms with Crippen LogP contribution in [0.4, 0.5) is 5.69 Å². The van der Waals surface area contributed by atoms with Crippen molar-refractivity contribution in [1.29, 1.82) is 0 Å². The molecule has 0 unspecified atom stereocenters. The van der Waals surface area contributed by atoms with E-state index in [2.05, 4.69) is 5.32 Å². The lowest BCUT2D eigenvalue weighted by Crippen LogP contribution is -2.14. The van der Waals surface area contributed by atoms with E-state index in [1.54, 1.807) is 49.4 Å². The van der Waals surface area contributed by atoms with Crippen LogP contribution in [-0.4, -0.2) is 11.7 Å². The molecule has 5 heteroatoms. The van der Waals surface area contributed by atoms with Crippen molar-refractivity contribution in [3.05, 3.63) is 64.4 Å². The summed E-state index contributed by atoms with van der Waals surface area (Å²) in [4.78, 5) is 24.2.